The quantitative estimate of drug-likeness (QED) is 0.176. The summed E-state index contributed by atoms with van der Waals surface area (Å²) >= 11 is 6.89. The van der Waals surface area contributed by atoms with E-state index in [9.17, 15) is 23.2 Å². The molecule has 0 aliphatic heterocycles. The second-order valence-corrected chi connectivity index (χ2v) is 11.9. The number of nitriles is 1. The lowest BCUT2D eigenvalue weighted by molar-refractivity contribution is -0.149. The molecule has 2 heterocycles. The smallest absolute Gasteiger partial charge is 0.426 e. The van der Waals surface area contributed by atoms with Crippen molar-refractivity contribution in [2.24, 2.45) is 17.3 Å². The number of nitrogens with one attached hydrogen (secondary N) is 1. The standard InChI is InChI=1S/C23H19ClF3NO3.C10H7N3S/c1-22(2)17(12-19(24)23(25,26)27)20(22)21(29)31-18(13-28)14-7-6-10-16(11-14)30-15-8-4-3-5-9-15;1-2-4-8-7(3-1)12-10(13-8)9-5-14-6-11-9/h3-12,17-18,20H,1-2H3;1-6H,(H,12,13)/b19-12-;/t17-,18?,20-;/m0./s1. The molecule has 3 atom stereocenters. The fourth-order valence-electron chi connectivity index (χ4n) is 4.82. The van der Waals surface area contributed by atoms with E-state index in [4.69, 9.17) is 21.1 Å². The number of rotatable bonds is 7. The molecule has 0 saturated heterocycles. The second kappa shape index (κ2) is 13.1. The maximum atomic E-state index is 12.7. The molecule has 0 bridgehead atoms. The average molecular weight is 651 g/mol. The Kier molecular flexibility index (Phi) is 9.27. The van der Waals surface area contributed by atoms with Gasteiger partial charge >= 0.3 is 12.1 Å². The van der Waals surface area contributed by atoms with Crippen LogP contribution in [0.3, 0.4) is 0 Å². The van der Waals surface area contributed by atoms with E-state index in [1.807, 2.05) is 59.4 Å². The minimum atomic E-state index is -4.68. The van der Waals surface area contributed by atoms with Crippen molar-refractivity contribution in [2.75, 3.05) is 0 Å². The van der Waals surface area contributed by atoms with Gasteiger partial charge in [0.05, 0.1) is 22.5 Å². The summed E-state index contributed by atoms with van der Waals surface area (Å²) in [6.07, 6.45) is -5.07. The first-order valence-electron chi connectivity index (χ1n) is 13.7. The van der Waals surface area contributed by atoms with Gasteiger partial charge in [0, 0.05) is 10.9 Å². The zero-order valence-electron chi connectivity index (χ0n) is 24.0. The summed E-state index contributed by atoms with van der Waals surface area (Å²) in [6.45, 7) is 3.30. The maximum absolute atomic E-state index is 12.7. The van der Waals surface area contributed by atoms with Crippen LogP contribution in [-0.4, -0.2) is 27.1 Å². The van der Waals surface area contributed by atoms with E-state index in [1.165, 1.54) is 0 Å². The number of carbonyl (C=O) groups excluding carboxylic acids is 1. The minimum absolute atomic E-state index is 0.392. The summed E-state index contributed by atoms with van der Waals surface area (Å²) in [5.41, 5.74) is 4.38. The van der Waals surface area contributed by atoms with E-state index in [0.29, 0.717) is 17.1 Å². The lowest BCUT2D eigenvalue weighted by Crippen LogP contribution is -2.14. The number of allylic oxidation sites excluding steroid dienone is 2. The zero-order valence-corrected chi connectivity index (χ0v) is 25.5. The first-order chi connectivity index (χ1) is 21.5. The first-order valence-corrected chi connectivity index (χ1v) is 15.0. The molecule has 12 heteroatoms. The minimum Gasteiger partial charge on any atom is -0.457 e. The number of aromatic nitrogens is 3. The number of fused-ring (bicyclic) bond motifs is 1. The summed E-state index contributed by atoms with van der Waals surface area (Å²) in [6, 6.07) is 25.4. The van der Waals surface area contributed by atoms with Crippen LogP contribution in [0.15, 0.2) is 101 Å². The van der Waals surface area contributed by atoms with Crippen molar-refractivity contribution in [3.05, 3.63) is 106 Å². The SMILES string of the molecule is CC1(C)[C@H](C(=O)OC(C#N)c2cccc(Oc3ccccc3)c2)[C@@H]1/C=C(\Cl)C(F)(F)F.c1ccc2[nH]c(-c3cscn3)nc2c1. The summed E-state index contributed by atoms with van der Waals surface area (Å²) in [7, 11) is 0. The van der Waals surface area contributed by atoms with E-state index < -0.39 is 40.5 Å². The summed E-state index contributed by atoms with van der Waals surface area (Å²) in [4.78, 5) is 24.5. The highest BCUT2D eigenvalue weighted by atomic mass is 35.5. The number of alkyl halides is 3. The largest absolute Gasteiger partial charge is 0.457 e. The third kappa shape index (κ3) is 7.53. The Morgan fingerprint density at radius 3 is 2.47 bits per heavy atom. The van der Waals surface area contributed by atoms with Crippen LogP contribution in [0.1, 0.15) is 25.5 Å². The lowest BCUT2D eigenvalue weighted by atomic mass is 10.1. The van der Waals surface area contributed by atoms with E-state index in [1.54, 1.807) is 61.6 Å². The van der Waals surface area contributed by atoms with Crippen LogP contribution in [0.2, 0.25) is 0 Å². The first kappa shape index (κ1) is 31.8. The number of nitrogens with zero attached hydrogens (tertiary/aromatic N) is 3. The molecular weight excluding hydrogens is 625 g/mol. The third-order valence-electron chi connectivity index (χ3n) is 7.32. The number of hydrogen-bond donors (Lipinski definition) is 1. The molecule has 1 fully saturated rings. The molecule has 1 N–H and O–H groups in total. The van der Waals surface area contributed by atoms with Crippen LogP contribution in [0.4, 0.5) is 13.2 Å². The number of ether oxygens (including phenoxy) is 2. The van der Waals surface area contributed by atoms with Crippen LogP contribution in [0.5, 0.6) is 11.5 Å². The fraction of sp³-hybridized carbons (Fsp3) is 0.212. The van der Waals surface area contributed by atoms with Crippen molar-refractivity contribution in [1.29, 1.82) is 5.26 Å². The number of H-pyrrole nitrogens is 1. The molecule has 0 spiro atoms. The Hall–Kier alpha value is -4.66. The van der Waals surface area contributed by atoms with Crippen LogP contribution in [0, 0.1) is 28.6 Å². The number of halogens is 4. The Morgan fingerprint density at radius 1 is 1.09 bits per heavy atom. The zero-order chi connectivity index (χ0) is 32.2. The van der Waals surface area contributed by atoms with Gasteiger partial charge in [-0.05, 0) is 47.7 Å². The number of imidazole rings is 1. The van der Waals surface area contributed by atoms with Gasteiger partial charge in [-0.15, -0.1) is 11.3 Å². The molecule has 1 aliphatic rings. The van der Waals surface area contributed by atoms with Crippen molar-refractivity contribution in [3.8, 4) is 29.1 Å². The Bertz CT molecular complexity index is 1820. The number of para-hydroxylation sites is 3. The maximum Gasteiger partial charge on any atom is 0.426 e. The molecule has 0 amide bonds. The predicted molar refractivity (Wildman–Crippen MR) is 165 cm³/mol. The number of esters is 1. The average Bonchev–Trinajstić information content (AvgIpc) is 3.44. The van der Waals surface area contributed by atoms with Crippen LogP contribution in [-0.2, 0) is 9.53 Å². The highest BCUT2D eigenvalue weighted by Gasteiger charge is 2.62. The van der Waals surface area contributed by atoms with Gasteiger partial charge < -0.3 is 14.5 Å². The van der Waals surface area contributed by atoms with E-state index >= 15 is 0 Å². The van der Waals surface area contributed by atoms with Gasteiger partial charge in [-0.25, -0.2) is 9.97 Å². The van der Waals surface area contributed by atoms with Crippen molar-refractivity contribution in [1.82, 2.24) is 15.0 Å². The number of benzene rings is 3. The molecule has 2 aromatic heterocycles. The van der Waals surface area contributed by atoms with E-state index in [2.05, 4.69) is 15.0 Å². The van der Waals surface area contributed by atoms with Crippen LogP contribution < -0.4 is 4.74 Å². The van der Waals surface area contributed by atoms with Crippen molar-refractivity contribution >= 4 is 39.9 Å². The number of hydrogen-bond acceptors (Lipinski definition) is 7. The molecule has 6 rings (SSSR count). The monoisotopic (exact) mass is 650 g/mol. The number of carbonyl (C=O) groups is 1. The molecule has 1 saturated carbocycles. The second-order valence-electron chi connectivity index (χ2n) is 10.7. The van der Waals surface area contributed by atoms with Gasteiger partial charge in [-0.3, -0.25) is 4.79 Å². The summed E-state index contributed by atoms with van der Waals surface area (Å²) in [5.74, 6) is -0.429. The van der Waals surface area contributed by atoms with Gasteiger partial charge in [0.1, 0.15) is 28.3 Å². The van der Waals surface area contributed by atoms with Crippen LogP contribution in [0.25, 0.3) is 22.6 Å². The van der Waals surface area contributed by atoms with E-state index in [-0.39, 0.29) is 0 Å². The lowest BCUT2D eigenvalue weighted by Gasteiger charge is -2.13. The van der Waals surface area contributed by atoms with Crippen molar-refractivity contribution in [2.45, 2.75) is 26.1 Å². The third-order valence-corrected chi connectivity index (χ3v) is 8.24. The van der Waals surface area contributed by atoms with Crippen molar-refractivity contribution < 1.29 is 27.4 Å². The summed E-state index contributed by atoms with van der Waals surface area (Å²) < 4.78 is 49.2. The molecular formula is C33H26ClF3N4O3S. The highest BCUT2D eigenvalue weighted by Crippen LogP contribution is 2.60. The highest BCUT2D eigenvalue weighted by molar-refractivity contribution is 7.07. The van der Waals surface area contributed by atoms with Gasteiger partial charge in [-0.1, -0.05) is 74.0 Å². The molecule has 7 nitrogen and oxygen atoms in total. The normalized spacial score (nSPS) is 17.8. The number of aromatic amines is 1. The Balaban J connectivity index is 0.000000235. The van der Waals surface area contributed by atoms with Gasteiger partial charge in [0.2, 0.25) is 6.10 Å². The topological polar surface area (TPSA) is 101 Å². The van der Waals surface area contributed by atoms with E-state index in [0.717, 1.165) is 28.6 Å². The van der Waals surface area contributed by atoms with Crippen LogP contribution >= 0.6 is 22.9 Å². The fourth-order valence-corrected chi connectivity index (χ4v) is 5.49. The molecule has 1 unspecified atom stereocenters. The number of thiazole rings is 1. The van der Waals surface area contributed by atoms with Gasteiger partial charge in [0.15, 0.2) is 5.82 Å². The molecule has 5 aromatic rings. The van der Waals surface area contributed by atoms with Gasteiger partial charge in [0.25, 0.3) is 0 Å². The molecule has 0 radical (unpaired) electrons. The summed E-state index contributed by atoms with van der Waals surface area (Å²) in [5, 5.41) is 10.2. The molecule has 1 aliphatic carbocycles. The Labute approximate surface area is 265 Å². The van der Waals surface area contributed by atoms with Gasteiger partial charge in [-0.2, -0.15) is 18.4 Å². The predicted octanol–water partition coefficient (Wildman–Crippen LogP) is 9.23. The molecule has 3 aromatic carbocycles. The van der Waals surface area contributed by atoms with Crippen molar-refractivity contribution in [3.63, 3.8) is 0 Å². The molecule has 230 valence electrons. The Morgan fingerprint density at radius 2 is 1.80 bits per heavy atom. The molecule has 45 heavy (non-hydrogen) atoms.